The lowest BCUT2D eigenvalue weighted by atomic mass is 9.86. The number of aromatic nitrogens is 4. The van der Waals surface area contributed by atoms with Gasteiger partial charge < -0.3 is 10.6 Å². The Hall–Kier alpha value is -2.64. The molecule has 2 aromatic heterocycles. The molecule has 8 heteroatoms. The van der Waals surface area contributed by atoms with Gasteiger partial charge in [-0.1, -0.05) is 20.8 Å². The van der Waals surface area contributed by atoms with Crippen LogP contribution in [-0.2, 0) is 10.2 Å². The van der Waals surface area contributed by atoms with Crippen LogP contribution in [0.5, 0.6) is 0 Å². The molecular formula is C15H20N6O2. The maximum Gasteiger partial charge on any atom is 0.269 e. The van der Waals surface area contributed by atoms with Gasteiger partial charge in [-0.3, -0.25) is 19.8 Å². The van der Waals surface area contributed by atoms with E-state index in [0.717, 1.165) is 11.4 Å². The van der Waals surface area contributed by atoms with E-state index in [2.05, 4.69) is 51.8 Å². The van der Waals surface area contributed by atoms with Gasteiger partial charge in [0.05, 0.1) is 5.69 Å². The van der Waals surface area contributed by atoms with Gasteiger partial charge in [0, 0.05) is 36.1 Å². The molecular weight excluding hydrogens is 296 g/mol. The van der Waals surface area contributed by atoms with Crippen molar-refractivity contribution in [2.45, 2.75) is 38.5 Å². The van der Waals surface area contributed by atoms with Gasteiger partial charge in [0.25, 0.3) is 5.91 Å². The van der Waals surface area contributed by atoms with Gasteiger partial charge in [-0.05, 0) is 6.07 Å². The van der Waals surface area contributed by atoms with E-state index in [-0.39, 0.29) is 29.6 Å². The van der Waals surface area contributed by atoms with Gasteiger partial charge >= 0.3 is 0 Å². The molecule has 0 unspecified atom stereocenters. The molecule has 3 rings (SSSR count). The molecule has 2 aromatic rings. The van der Waals surface area contributed by atoms with Crippen LogP contribution in [0.15, 0.2) is 6.07 Å². The normalized spacial score (nSPS) is 17.6. The Labute approximate surface area is 133 Å². The number of fused-ring (bicyclic) bond motifs is 1. The van der Waals surface area contributed by atoms with Crippen molar-refractivity contribution in [1.82, 2.24) is 25.7 Å². The Morgan fingerprint density at radius 3 is 2.65 bits per heavy atom. The third kappa shape index (κ3) is 2.60. The summed E-state index contributed by atoms with van der Waals surface area (Å²) in [6.07, 6.45) is 0.238. The van der Waals surface area contributed by atoms with Gasteiger partial charge in [-0.15, -0.1) is 0 Å². The van der Waals surface area contributed by atoms with Crippen molar-refractivity contribution in [2.75, 3.05) is 12.4 Å². The number of H-pyrrole nitrogens is 2. The molecule has 2 amide bonds. The number of nitrogens with zero attached hydrogens (tertiary/aromatic N) is 2. The van der Waals surface area contributed by atoms with Crippen LogP contribution >= 0.6 is 0 Å². The number of carbonyl (C=O) groups is 2. The Kier molecular flexibility index (Phi) is 3.46. The van der Waals surface area contributed by atoms with Crippen molar-refractivity contribution in [3.05, 3.63) is 28.7 Å². The summed E-state index contributed by atoms with van der Waals surface area (Å²) >= 11 is 0. The number of anilines is 1. The first-order valence-corrected chi connectivity index (χ1v) is 7.47. The molecule has 0 bridgehead atoms. The molecule has 0 radical (unpaired) electrons. The smallest absolute Gasteiger partial charge is 0.269 e. The highest BCUT2D eigenvalue weighted by Gasteiger charge is 2.35. The lowest BCUT2D eigenvalue weighted by molar-refractivity contribution is -0.116. The van der Waals surface area contributed by atoms with Crippen molar-refractivity contribution < 1.29 is 9.59 Å². The van der Waals surface area contributed by atoms with Crippen LogP contribution in [0.2, 0.25) is 0 Å². The average molecular weight is 316 g/mol. The number of amides is 2. The summed E-state index contributed by atoms with van der Waals surface area (Å²) in [6, 6.07) is 1.95. The first-order chi connectivity index (χ1) is 10.8. The fraction of sp³-hybridized carbons (Fsp3) is 0.467. The summed E-state index contributed by atoms with van der Waals surface area (Å²) < 4.78 is 0. The van der Waals surface area contributed by atoms with Gasteiger partial charge in [-0.2, -0.15) is 10.2 Å². The van der Waals surface area contributed by atoms with Crippen molar-refractivity contribution in [2.24, 2.45) is 0 Å². The zero-order valence-electron chi connectivity index (χ0n) is 13.6. The number of aromatic amines is 2. The zero-order chi connectivity index (χ0) is 16.8. The lowest BCUT2D eigenvalue weighted by Crippen LogP contribution is -2.26. The van der Waals surface area contributed by atoms with Crippen molar-refractivity contribution >= 4 is 17.6 Å². The molecule has 1 atom stereocenters. The van der Waals surface area contributed by atoms with Gasteiger partial charge in [0.2, 0.25) is 5.91 Å². The minimum Gasteiger partial charge on any atom is -0.354 e. The monoisotopic (exact) mass is 316 g/mol. The number of rotatable bonds is 2. The van der Waals surface area contributed by atoms with E-state index < -0.39 is 0 Å². The lowest BCUT2D eigenvalue weighted by Gasteiger charge is -2.21. The molecule has 0 fully saturated rings. The molecule has 0 saturated carbocycles. The van der Waals surface area contributed by atoms with E-state index in [1.807, 2.05) is 6.07 Å². The zero-order valence-corrected chi connectivity index (χ0v) is 13.6. The quantitative estimate of drug-likeness (QED) is 0.667. The van der Waals surface area contributed by atoms with Crippen LogP contribution < -0.4 is 10.6 Å². The molecule has 1 aliphatic rings. The van der Waals surface area contributed by atoms with Crippen molar-refractivity contribution in [1.29, 1.82) is 0 Å². The predicted octanol–water partition coefficient (Wildman–Crippen LogP) is 1.26. The van der Waals surface area contributed by atoms with E-state index in [4.69, 9.17) is 0 Å². The molecule has 1 aliphatic heterocycles. The summed E-state index contributed by atoms with van der Waals surface area (Å²) in [5.74, 6) is -0.287. The van der Waals surface area contributed by atoms with Crippen LogP contribution in [0, 0.1) is 0 Å². The number of carbonyl (C=O) groups excluding carboxylic acids is 2. The molecule has 3 heterocycles. The fourth-order valence-electron chi connectivity index (χ4n) is 2.72. The van der Waals surface area contributed by atoms with Gasteiger partial charge in [0.1, 0.15) is 5.69 Å². The van der Waals surface area contributed by atoms with Gasteiger partial charge in [-0.25, -0.2) is 0 Å². The first kappa shape index (κ1) is 15.3. The second-order valence-electron chi connectivity index (χ2n) is 6.70. The minimum atomic E-state index is -0.284. The summed E-state index contributed by atoms with van der Waals surface area (Å²) in [4.78, 5) is 24.0. The molecule has 0 aliphatic carbocycles. The first-order valence-electron chi connectivity index (χ1n) is 7.47. The number of hydrogen-bond acceptors (Lipinski definition) is 4. The summed E-state index contributed by atoms with van der Waals surface area (Å²) in [5, 5.41) is 19.4. The molecule has 4 N–H and O–H groups in total. The molecule has 8 nitrogen and oxygen atoms in total. The standard InChI is InChI=1S/C15H20N6O2/c1-15(2,3)9-6-8(18-19-9)7-5-10(22)17-13-11(7)12(20-21-13)14(23)16-4/h6-7H,5H2,1-4H3,(H,16,23)(H,18,19)(H2,17,20,21,22)/t7-/m1/s1. The van der Waals surface area contributed by atoms with Crippen LogP contribution in [0.25, 0.3) is 0 Å². The number of hydrogen-bond donors (Lipinski definition) is 4. The highest BCUT2D eigenvalue weighted by molar-refractivity contribution is 6.00. The van der Waals surface area contributed by atoms with Gasteiger partial charge in [0.15, 0.2) is 5.82 Å². The van der Waals surface area contributed by atoms with Crippen molar-refractivity contribution in [3.63, 3.8) is 0 Å². The predicted molar refractivity (Wildman–Crippen MR) is 84.4 cm³/mol. The third-order valence-corrected chi connectivity index (χ3v) is 4.00. The highest BCUT2D eigenvalue weighted by atomic mass is 16.2. The summed E-state index contributed by atoms with van der Waals surface area (Å²) in [5.41, 5.74) is 2.66. The second-order valence-corrected chi connectivity index (χ2v) is 6.70. The van der Waals surface area contributed by atoms with Crippen LogP contribution in [0.3, 0.4) is 0 Å². The Morgan fingerprint density at radius 1 is 1.30 bits per heavy atom. The minimum absolute atomic E-state index is 0.103. The van der Waals surface area contributed by atoms with Crippen molar-refractivity contribution in [3.8, 4) is 0 Å². The summed E-state index contributed by atoms with van der Waals surface area (Å²) in [6.45, 7) is 6.21. The summed E-state index contributed by atoms with van der Waals surface area (Å²) in [7, 11) is 1.56. The molecule has 23 heavy (non-hydrogen) atoms. The average Bonchev–Trinajstić information content (AvgIpc) is 3.11. The van der Waals surface area contributed by atoms with E-state index in [0.29, 0.717) is 17.1 Å². The Morgan fingerprint density at radius 2 is 2.04 bits per heavy atom. The van der Waals surface area contributed by atoms with Crippen LogP contribution in [0.4, 0.5) is 5.82 Å². The molecule has 0 aromatic carbocycles. The number of nitrogens with one attached hydrogen (secondary N) is 4. The fourth-order valence-corrected chi connectivity index (χ4v) is 2.72. The molecule has 122 valence electrons. The highest BCUT2D eigenvalue weighted by Crippen LogP contribution is 2.38. The maximum absolute atomic E-state index is 12.0. The van der Waals surface area contributed by atoms with E-state index in [1.54, 1.807) is 7.05 Å². The Bertz CT molecular complexity index is 767. The Balaban J connectivity index is 2.08. The van der Waals surface area contributed by atoms with E-state index >= 15 is 0 Å². The SMILES string of the molecule is CNC(=O)c1[nH]nc2c1[C@@H](c1cc(C(C)(C)C)n[nH]1)CC(=O)N2. The maximum atomic E-state index is 12.0. The van der Waals surface area contributed by atoms with E-state index in [9.17, 15) is 9.59 Å². The third-order valence-electron chi connectivity index (χ3n) is 4.00. The molecule has 0 spiro atoms. The second kappa shape index (κ2) is 5.22. The largest absolute Gasteiger partial charge is 0.354 e. The van der Waals surface area contributed by atoms with Crippen LogP contribution in [-0.4, -0.2) is 39.3 Å². The van der Waals surface area contributed by atoms with Crippen LogP contribution in [0.1, 0.15) is 60.5 Å². The molecule has 0 saturated heterocycles. The van der Waals surface area contributed by atoms with E-state index in [1.165, 1.54) is 0 Å². The topological polar surface area (TPSA) is 116 Å².